The monoisotopic (exact) mass is 294 g/mol. The molecule has 0 aliphatic carbocycles. The van der Waals surface area contributed by atoms with Crippen molar-refractivity contribution in [3.63, 3.8) is 0 Å². The average Bonchev–Trinajstić information content (AvgIpc) is 2.65. The molecule has 0 fully saturated rings. The highest BCUT2D eigenvalue weighted by Crippen LogP contribution is 2.05. The lowest BCUT2D eigenvalue weighted by atomic mass is 10.3. The van der Waals surface area contributed by atoms with Crippen LogP contribution in [0.25, 0.3) is 11.2 Å². The molecule has 0 aliphatic rings. The predicted molar refractivity (Wildman–Crippen MR) is 76.2 cm³/mol. The van der Waals surface area contributed by atoms with Crippen LogP contribution < -0.4 is 5.73 Å². The van der Waals surface area contributed by atoms with Crippen LogP contribution in [0.1, 0.15) is 12.1 Å². The van der Waals surface area contributed by atoms with E-state index >= 15 is 0 Å². The molecule has 2 heterocycles. The first kappa shape index (κ1) is 18.4. The van der Waals surface area contributed by atoms with Gasteiger partial charge in [0.15, 0.2) is 5.65 Å². The van der Waals surface area contributed by atoms with E-state index in [9.17, 15) is 0 Å². The summed E-state index contributed by atoms with van der Waals surface area (Å²) in [7, 11) is 0. The summed E-state index contributed by atoms with van der Waals surface area (Å²) in [5.41, 5.74) is 7.63. The summed E-state index contributed by atoms with van der Waals surface area (Å²) in [4.78, 5) is 11.4. The summed E-state index contributed by atoms with van der Waals surface area (Å²) in [6, 6.07) is 1.87. The highest BCUT2D eigenvalue weighted by atomic mass is 35.5. The Bertz CT molecular complexity index is 501. The van der Waals surface area contributed by atoms with Crippen molar-refractivity contribution in [2.45, 2.75) is 6.42 Å². The number of nitrogens with one attached hydrogen (secondary N) is 1. The van der Waals surface area contributed by atoms with Crippen LogP contribution in [0.2, 0.25) is 0 Å². The second-order valence-corrected chi connectivity index (χ2v) is 2.81. The van der Waals surface area contributed by atoms with Gasteiger partial charge in [0.2, 0.25) is 0 Å². The molecule has 3 N–H and O–H groups in total. The first-order chi connectivity index (χ1) is 6.90. The number of H-pyrrole nitrogens is 1. The molecule has 2 rings (SSSR count). The molecule has 0 atom stereocenters. The normalized spacial score (nSPS) is 8.06. The highest BCUT2D eigenvalue weighted by molar-refractivity contribution is 5.86. The summed E-state index contributed by atoms with van der Waals surface area (Å²) < 4.78 is 0. The molecule has 0 saturated heterocycles. The van der Waals surface area contributed by atoms with Crippen molar-refractivity contribution >= 4 is 48.4 Å². The first-order valence-corrected chi connectivity index (χ1v) is 4.39. The average molecular weight is 296 g/mol. The largest absolute Gasteiger partial charge is 0.345 e. The summed E-state index contributed by atoms with van der Waals surface area (Å²) in [6.45, 7) is 0.576. The van der Waals surface area contributed by atoms with E-state index in [4.69, 9.17) is 5.73 Å². The molecule has 0 saturated carbocycles. The minimum Gasteiger partial charge on any atom is -0.345 e. The van der Waals surface area contributed by atoms with Crippen molar-refractivity contribution in [2.24, 2.45) is 5.73 Å². The van der Waals surface area contributed by atoms with Gasteiger partial charge in [0.25, 0.3) is 0 Å². The van der Waals surface area contributed by atoms with E-state index in [-0.39, 0.29) is 37.2 Å². The molecular formula is C10H13Cl3N4. The summed E-state index contributed by atoms with van der Waals surface area (Å²) in [6.07, 6.45) is 4.15. The van der Waals surface area contributed by atoms with Gasteiger partial charge >= 0.3 is 0 Å². The Morgan fingerprint density at radius 3 is 2.76 bits per heavy atom. The lowest BCUT2D eigenvalue weighted by Gasteiger charge is -1.89. The molecule has 0 amide bonds. The van der Waals surface area contributed by atoms with Crippen LogP contribution in [0, 0.1) is 11.8 Å². The molecule has 0 aromatic carbocycles. The van der Waals surface area contributed by atoms with Crippen LogP contribution in [0.3, 0.4) is 0 Å². The fourth-order valence-corrected chi connectivity index (χ4v) is 1.12. The van der Waals surface area contributed by atoms with Gasteiger partial charge in [-0.1, -0.05) is 5.92 Å². The maximum Gasteiger partial charge on any atom is 0.156 e. The van der Waals surface area contributed by atoms with Crippen LogP contribution in [0.15, 0.2) is 18.5 Å². The topological polar surface area (TPSA) is 67.6 Å². The number of hydrogen-bond donors (Lipinski definition) is 2. The van der Waals surface area contributed by atoms with Gasteiger partial charge in [-0.15, -0.1) is 37.2 Å². The summed E-state index contributed by atoms with van der Waals surface area (Å²) in [5.74, 6) is 5.83. The third-order valence-corrected chi connectivity index (χ3v) is 1.75. The van der Waals surface area contributed by atoms with Crippen molar-refractivity contribution in [1.29, 1.82) is 0 Å². The molecule has 0 spiro atoms. The van der Waals surface area contributed by atoms with E-state index in [0.29, 0.717) is 18.7 Å². The number of halogens is 3. The molecule has 2 aromatic heterocycles. The van der Waals surface area contributed by atoms with Crippen LogP contribution in [-0.4, -0.2) is 21.5 Å². The van der Waals surface area contributed by atoms with Crippen LogP contribution >= 0.6 is 37.2 Å². The lowest BCUT2D eigenvalue weighted by Crippen LogP contribution is -1.95. The van der Waals surface area contributed by atoms with Gasteiger partial charge < -0.3 is 10.7 Å². The second-order valence-electron chi connectivity index (χ2n) is 2.81. The molecule has 17 heavy (non-hydrogen) atoms. The Kier molecular flexibility index (Phi) is 9.82. The van der Waals surface area contributed by atoms with Gasteiger partial charge in [-0.3, -0.25) is 0 Å². The molecule has 0 aliphatic heterocycles. The van der Waals surface area contributed by atoms with E-state index < -0.39 is 0 Å². The summed E-state index contributed by atoms with van der Waals surface area (Å²) >= 11 is 0. The Morgan fingerprint density at radius 2 is 2.06 bits per heavy atom. The number of aromatic amines is 1. The first-order valence-electron chi connectivity index (χ1n) is 4.39. The molecule has 0 bridgehead atoms. The number of aromatic nitrogens is 3. The maximum absolute atomic E-state index is 5.32. The third kappa shape index (κ3) is 4.80. The zero-order valence-electron chi connectivity index (χ0n) is 8.84. The number of hydrogen-bond acceptors (Lipinski definition) is 3. The summed E-state index contributed by atoms with van der Waals surface area (Å²) in [5, 5.41) is 0. The molecule has 0 unspecified atom stereocenters. The fourth-order valence-electron chi connectivity index (χ4n) is 1.12. The van der Waals surface area contributed by atoms with E-state index in [0.717, 1.165) is 11.2 Å². The van der Waals surface area contributed by atoms with Gasteiger partial charge in [0, 0.05) is 19.2 Å². The number of nitrogens with two attached hydrogens (primary N) is 1. The quantitative estimate of drug-likeness (QED) is 0.790. The van der Waals surface area contributed by atoms with Crippen molar-refractivity contribution in [2.75, 3.05) is 6.54 Å². The number of nitrogens with zero attached hydrogens (tertiary/aromatic N) is 2. The molecule has 2 aromatic rings. The lowest BCUT2D eigenvalue weighted by molar-refractivity contribution is 1.03. The van der Waals surface area contributed by atoms with E-state index in [1.807, 2.05) is 12.3 Å². The number of rotatable bonds is 1. The van der Waals surface area contributed by atoms with E-state index in [2.05, 4.69) is 26.8 Å². The van der Waals surface area contributed by atoms with E-state index in [1.54, 1.807) is 6.20 Å². The Balaban J connectivity index is 0. The Morgan fingerprint density at radius 1 is 1.29 bits per heavy atom. The Hall–Kier alpha value is -0.990. The SMILES string of the molecule is Cl.Cl.Cl.NCCC#Cc1cnc2[nH]ccc2n1. The van der Waals surface area contributed by atoms with Gasteiger partial charge in [-0.05, 0) is 12.0 Å². The predicted octanol–water partition coefficient (Wildman–Crippen LogP) is 1.92. The second kappa shape index (κ2) is 9.08. The smallest absolute Gasteiger partial charge is 0.156 e. The third-order valence-electron chi connectivity index (χ3n) is 1.75. The van der Waals surface area contributed by atoms with Crippen molar-refractivity contribution in [3.05, 3.63) is 24.2 Å². The minimum absolute atomic E-state index is 0. The van der Waals surface area contributed by atoms with Crippen molar-refractivity contribution in [3.8, 4) is 11.8 Å². The van der Waals surface area contributed by atoms with Gasteiger partial charge in [0.05, 0.1) is 6.20 Å². The van der Waals surface area contributed by atoms with Crippen LogP contribution in [0.4, 0.5) is 0 Å². The Labute approximate surface area is 118 Å². The van der Waals surface area contributed by atoms with Crippen molar-refractivity contribution in [1.82, 2.24) is 15.0 Å². The standard InChI is InChI=1S/C10H10N4.3ClH/c11-5-2-1-3-8-7-13-10-9(14-8)4-6-12-10;;;/h4,6-7H,2,5,11H2,(H,12,13);3*1H. The fraction of sp³-hybridized carbons (Fsp3) is 0.200. The molecule has 4 nitrogen and oxygen atoms in total. The van der Waals surface area contributed by atoms with Gasteiger partial charge in [-0.25, -0.2) is 9.97 Å². The van der Waals surface area contributed by atoms with E-state index in [1.165, 1.54) is 0 Å². The minimum atomic E-state index is 0. The molecule has 0 radical (unpaired) electrons. The molecule has 94 valence electrons. The molecular weight excluding hydrogens is 282 g/mol. The van der Waals surface area contributed by atoms with Gasteiger partial charge in [-0.2, -0.15) is 0 Å². The zero-order chi connectivity index (χ0) is 9.80. The maximum atomic E-state index is 5.32. The van der Waals surface area contributed by atoms with Crippen LogP contribution in [-0.2, 0) is 0 Å². The van der Waals surface area contributed by atoms with Crippen LogP contribution in [0.5, 0.6) is 0 Å². The number of fused-ring (bicyclic) bond motifs is 1. The van der Waals surface area contributed by atoms with Gasteiger partial charge in [0.1, 0.15) is 11.2 Å². The molecule has 7 heteroatoms. The van der Waals surface area contributed by atoms with Crippen molar-refractivity contribution < 1.29 is 0 Å². The zero-order valence-corrected chi connectivity index (χ0v) is 11.3. The highest BCUT2D eigenvalue weighted by Gasteiger charge is 1.96.